The molecule has 0 spiro atoms. The number of nitrogens with two attached hydrogens (primary N) is 1. The summed E-state index contributed by atoms with van der Waals surface area (Å²) in [5.74, 6) is 0.461. The number of rotatable bonds is 9. The first-order chi connectivity index (χ1) is 11.1. The van der Waals surface area contributed by atoms with Crippen LogP contribution in [0.25, 0.3) is 0 Å². The highest BCUT2D eigenvalue weighted by Gasteiger charge is 2.08. The van der Waals surface area contributed by atoms with Crippen molar-refractivity contribution < 1.29 is 14.3 Å². The first-order valence-electron chi connectivity index (χ1n) is 7.60. The highest BCUT2D eigenvalue weighted by atomic mass is 16.5. The van der Waals surface area contributed by atoms with Gasteiger partial charge in [0.15, 0.2) is 11.6 Å². The van der Waals surface area contributed by atoms with Gasteiger partial charge in [-0.2, -0.15) is 0 Å². The van der Waals surface area contributed by atoms with E-state index in [1.54, 1.807) is 31.4 Å². The molecule has 0 aromatic heterocycles. The van der Waals surface area contributed by atoms with Crippen molar-refractivity contribution >= 4 is 11.8 Å². The van der Waals surface area contributed by atoms with Crippen molar-refractivity contribution in [2.45, 2.75) is 26.4 Å². The maximum Gasteiger partial charge on any atom is 0.337 e. The van der Waals surface area contributed by atoms with Crippen molar-refractivity contribution in [3.63, 3.8) is 0 Å². The third-order valence-corrected chi connectivity index (χ3v) is 3.06. The number of aliphatic imine (C=N–C) groups is 1. The number of benzene rings is 1. The summed E-state index contributed by atoms with van der Waals surface area (Å²) < 4.78 is 10.4. The van der Waals surface area contributed by atoms with Gasteiger partial charge in [0.1, 0.15) is 6.61 Å². The number of carbonyl (C=O) groups excluding carboxylic acids is 1. The molecule has 0 atom stereocenters. The predicted molar refractivity (Wildman–Crippen MR) is 91.1 cm³/mol. The van der Waals surface area contributed by atoms with Crippen molar-refractivity contribution in [1.29, 1.82) is 0 Å². The van der Waals surface area contributed by atoms with Crippen LogP contribution in [0.5, 0.6) is 0 Å². The molecule has 126 valence electrons. The zero-order valence-electron chi connectivity index (χ0n) is 14.0. The van der Waals surface area contributed by atoms with E-state index in [-0.39, 0.29) is 12.6 Å². The molecular weight excluding hydrogens is 294 g/mol. The summed E-state index contributed by atoms with van der Waals surface area (Å²) in [7, 11) is 3.12. The molecule has 6 heteroatoms. The molecule has 0 aliphatic carbocycles. The van der Waals surface area contributed by atoms with E-state index in [2.05, 4.69) is 17.2 Å². The summed E-state index contributed by atoms with van der Waals surface area (Å²) in [6.07, 6.45) is 3.70. The number of hydrogen-bond donors (Lipinski definition) is 2. The van der Waals surface area contributed by atoms with Crippen LogP contribution in [0.4, 0.5) is 0 Å². The second-order valence-electron chi connectivity index (χ2n) is 4.90. The van der Waals surface area contributed by atoms with Crippen LogP contribution in [0.1, 0.15) is 35.7 Å². The number of nitrogens with zero attached hydrogens (tertiary/aromatic N) is 1. The number of carbonyl (C=O) groups is 1. The van der Waals surface area contributed by atoms with Crippen LogP contribution in [0.2, 0.25) is 0 Å². The molecule has 0 saturated carbocycles. The number of hydrogen-bond acceptors (Lipinski definition) is 5. The van der Waals surface area contributed by atoms with Crippen LogP contribution < -0.4 is 11.1 Å². The molecule has 0 aliphatic heterocycles. The Kier molecular flexibility index (Phi) is 8.28. The van der Waals surface area contributed by atoms with Gasteiger partial charge in [0, 0.05) is 19.8 Å². The first kappa shape index (κ1) is 18.5. The molecule has 0 heterocycles. The Balaban J connectivity index is 2.74. The molecule has 0 aliphatic rings. The maximum atomic E-state index is 11.5. The number of methoxy groups -OCH3 is 1. The molecule has 3 N–H and O–H groups in total. The summed E-state index contributed by atoms with van der Waals surface area (Å²) in [5, 5.41) is 2.89. The molecule has 6 nitrogen and oxygen atoms in total. The second kappa shape index (κ2) is 10.3. The fourth-order valence-corrected chi connectivity index (χ4v) is 1.82. The van der Waals surface area contributed by atoms with E-state index in [1.807, 2.05) is 6.07 Å². The lowest BCUT2D eigenvalue weighted by Crippen LogP contribution is -2.20. The summed E-state index contributed by atoms with van der Waals surface area (Å²) in [6.45, 7) is 3.05. The van der Waals surface area contributed by atoms with E-state index in [0.29, 0.717) is 23.7 Å². The van der Waals surface area contributed by atoms with Gasteiger partial charge in [-0.05, 0) is 24.1 Å². The van der Waals surface area contributed by atoms with Gasteiger partial charge in [0.05, 0.1) is 12.7 Å². The summed E-state index contributed by atoms with van der Waals surface area (Å²) in [4.78, 5) is 15.8. The molecular formula is C17H25N3O3. The third-order valence-electron chi connectivity index (χ3n) is 3.06. The molecule has 1 aromatic carbocycles. The van der Waals surface area contributed by atoms with Gasteiger partial charge >= 0.3 is 5.97 Å². The molecule has 0 saturated heterocycles. The van der Waals surface area contributed by atoms with Gasteiger partial charge in [0.2, 0.25) is 0 Å². The maximum absolute atomic E-state index is 11.5. The number of unbranched alkanes of at least 4 members (excludes halogenated alkanes) is 1. The standard InChI is InChI=1S/C17H25N3O3/c1-4-5-9-20-16(18)15(11-19-2)23-12-13-7-6-8-14(10-13)17(21)22-3/h6-8,10-11,19H,4-5,9,12H2,1-3H3,(H2,18,20). The van der Waals surface area contributed by atoms with Gasteiger partial charge in [-0.3, -0.25) is 4.99 Å². The molecule has 0 bridgehead atoms. The normalized spacial score (nSPS) is 12.0. The number of esters is 1. The Morgan fingerprint density at radius 1 is 1.43 bits per heavy atom. The van der Waals surface area contributed by atoms with Gasteiger partial charge in [-0.25, -0.2) is 4.79 Å². The monoisotopic (exact) mass is 319 g/mol. The Morgan fingerprint density at radius 3 is 2.87 bits per heavy atom. The van der Waals surface area contributed by atoms with Crippen LogP contribution >= 0.6 is 0 Å². The quantitative estimate of drug-likeness (QED) is 0.240. The molecule has 1 rings (SSSR count). The van der Waals surface area contributed by atoms with Gasteiger partial charge in [0.25, 0.3) is 0 Å². The number of nitrogens with one attached hydrogen (secondary N) is 1. The zero-order valence-corrected chi connectivity index (χ0v) is 14.0. The van der Waals surface area contributed by atoms with Crippen molar-refractivity contribution in [2.24, 2.45) is 10.7 Å². The van der Waals surface area contributed by atoms with E-state index < -0.39 is 0 Å². The largest absolute Gasteiger partial charge is 0.484 e. The topological polar surface area (TPSA) is 85.9 Å². The van der Waals surface area contributed by atoms with E-state index in [9.17, 15) is 4.79 Å². The molecule has 0 fully saturated rings. The van der Waals surface area contributed by atoms with Crippen LogP contribution in [-0.2, 0) is 16.1 Å². The van der Waals surface area contributed by atoms with Crippen LogP contribution in [0.3, 0.4) is 0 Å². The zero-order chi connectivity index (χ0) is 17.1. The second-order valence-corrected chi connectivity index (χ2v) is 4.90. The van der Waals surface area contributed by atoms with Crippen molar-refractivity contribution in [3.8, 4) is 0 Å². The molecule has 0 unspecified atom stereocenters. The lowest BCUT2D eigenvalue weighted by molar-refractivity contribution is 0.0600. The fraction of sp³-hybridized carbons (Fsp3) is 0.412. The summed E-state index contributed by atoms with van der Waals surface area (Å²) in [5.41, 5.74) is 7.28. The SMILES string of the molecule is CCCCN=C(N)C(=CNC)OCc1cccc(C(=O)OC)c1. The highest BCUT2D eigenvalue weighted by Crippen LogP contribution is 2.10. The van der Waals surface area contributed by atoms with Crippen molar-refractivity contribution in [1.82, 2.24) is 5.32 Å². The van der Waals surface area contributed by atoms with E-state index >= 15 is 0 Å². The van der Waals surface area contributed by atoms with Crippen LogP contribution in [-0.4, -0.2) is 32.5 Å². The lowest BCUT2D eigenvalue weighted by Gasteiger charge is -2.11. The average molecular weight is 319 g/mol. The van der Waals surface area contributed by atoms with E-state index in [1.165, 1.54) is 7.11 Å². The van der Waals surface area contributed by atoms with Gasteiger partial charge in [-0.1, -0.05) is 25.5 Å². The smallest absolute Gasteiger partial charge is 0.337 e. The Bertz CT molecular complexity index is 568. The summed E-state index contributed by atoms with van der Waals surface area (Å²) >= 11 is 0. The Morgan fingerprint density at radius 2 is 2.22 bits per heavy atom. The minimum atomic E-state index is -0.376. The highest BCUT2D eigenvalue weighted by molar-refractivity contribution is 5.95. The minimum Gasteiger partial charge on any atom is -0.484 e. The predicted octanol–water partition coefficient (Wildman–Crippen LogP) is 2.21. The summed E-state index contributed by atoms with van der Waals surface area (Å²) in [6, 6.07) is 7.08. The van der Waals surface area contributed by atoms with Gasteiger partial charge in [-0.15, -0.1) is 0 Å². The fourth-order valence-electron chi connectivity index (χ4n) is 1.82. The van der Waals surface area contributed by atoms with E-state index in [4.69, 9.17) is 15.2 Å². The molecule has 23 heavy (non-hydrogen) atoms. The Hall–Kier alpha value is -2.50. The van der Waals surface area contributed by atoms with Crippen molar-refractivity contribution in [2.75, 3.05) is 20.7 Å². The van der Waals surface area contributed by atoms with Crippen molar-refractivity contribution in [3.05, 3.63) is 47.4 Å². The average Bonchev–Trinajstić information content (AvgIpc) is 2.58. The number of ether oxygens (including phenoxy) is 2. The van der Waals surface area contributed by atoms with E-state index in [0.717, 1.165) is 18.4 Å². The van der Waals surface area contributed by atoms with Crippen LogP contribution in [0.15, 0.2) is 41.2 Å². The van der Waals surface area contributed by atoms with Crippen LogP contribution in [0, 0.1) is 0 Å². The first-order valence-corrected chi connectivity index (χ1v) is 7.60. The Labute approximate surface area is 137 Å². The third kappa shape index (κ3) is 6.42. The molecule has 0 amide bonds. The lowest BCUT2D eigenvalue weighted by atomic mass is 10.1. The van der Waals surface area contributed by atoms with Gasteiger partial charge < -0.3 is 20.5 Å². The number of amidine groups is 1. The minimum absolute atomic E-state index is 0.280. The molecule has 1 aromatic rings. The molecule has 0 radical (unpaired) electrons.